The fraction of sp³-hybridized carbons (Fsp3) is 0.500. The maximum atomic E-state index is 5.33. The van der Waals surface area contributed by atoms with Gasteiger partial charge in [-0.1, -0.05) is 19.0 Å². The molecule has 5 heteroatoms. The van der Waals surface area contributed by atoms with E-state index in [4.69, 9.17) is 4.52 Å². The zero-order valence-corrected chi connectivity index (χ0v) is 11.3. The van der Waals surface area contributed by atoms with E-state index >= 15 is 0 Å². The van der Waals surface area contributed by atoms with E-state index in [1.807, 2.05) is 12.1 Å². The number of hydrogen-bond donors (Lipinski definition) is 0. The molecule has 1 fully saturated rings. The molecule has 1 aliphatic heterocycles. The molecule has 0 aromatic carbocycles. The number of pyridine rings is 1. The summed E-state index contributed by atoms with van der Waals surface area (Å²) in [6, 6.07) is 3.77. The fourth-order valence-electron chi connectivity index (χ4n) is 2.49. The largest absolute Gasteiger partial charge is 0.338 e. The summed E-state index contributed by atoms with van der Waals surface area (Å²) in [6.07, 6.45) is 4.68. The minimum atomic E-state index is 0.397. The first-order chi connectivity index (χ1) is 9.12. The average molecular weight is 258 g/mol. The second kappa shape index (κ2) is 4.74. The molecule has 0 radical (unpaired) electrons. The van der Waals surface area contributed by atoms with Crippen LogP contribution in [0, 0.1) is 5.41 Å². The van der Waals surface area contributed by atoms with Gasteiger partial charge in [-0.3, -0.25) is 9.88 Å². The minimum Gasteiger partial charge on any atom is -0.338 e. The Bertz CT molecular complexity index is 550. The predicted molar refractivity (Wildman–Crippen MR) is 71.2 cm³/mol. The predicted octanol–water partition coefficient (Wildman–Crippen LogP) is 2.36. The normalized spacial score (nSPS) is 18.8. The number of nitrogens with zero attached hydrogens (tertiary/aromatic N) is 4. The van der Waals surface area contributed by atoms with Crippen LogP contribution in [0.15, 0.2) is 29.0 Å². The van der Waals surface area contributed by atoms with Crippen molar-refractivity contribution in [1.29, 1.82) is 0 Å². The van der Waals surface area contributed by atoms with Gasteiger partial charge in [0.05, 0.1) is 6.54 Å². The molecule has 100 valence electrons. The van der Waals surface area contributed by atoms with Crippen LogP contribution in [0.5, 0.6) is 0 Å². The highest BCUT2D eigenvalue weighted by Crippen LogP contribution is 2.29. The van der Waals surface area contributed by atoms with Crippen molar-refractivity contribution in [2.24, 2.45) is 5.41 Å². The molecule has 19 heavy (non-hydrogen) atoms. The Hall–Kier alpha value is -1.75. The third-order valence-electron chi connectivity index (χ3n) is 3.52. The van der Waals surface area contributed by atoms with Crippen molar-refractivity contribution < 1.29 is 4.52 Å². The first kappa shape index (κ1) is 12.3. The van der Waals surface area contributed by atoms with Crippen LogP contribution in [0.2, 0.25) is 0 Å². The SMILES string of the molecule is CC1(C)CCN(Cc2nc(-c3ccncc3)no2)C1. The monoisotopic (exact) mass is 258 g/mol. The van der Waals surface area contributed by atoms with Gasteiger partial charge in [-0.25, -0.2) is 0 Å². The molecular weight excluding hydrogens is 240 g/mol. The molecule has 1 saturated heterocycles. The summed E-state index contributed by atoms with van der Waals surface area (Å²) in [5, 5.41) is 4.02. The van der Waals surface area contributed by atoms with E-state index in [0.717, 1.165) is 25.2 Å². The Labute approximate surface area is 112 Å². The van der Waals surface area contributed by atoms with Crippen molar-refractivity contribution in [3.8, 4) is 11.4 Å². The van der Waals surface area contributed by atoms with Gasteiger partial charge in [-0.2, -0.15) is 4.98 Å². The summed E-state index contributed by atoms with van der Waals surface area (Å²) >= 11 is 0. The maximum Gasteiger partial charge on any atom is 0.241 e. The van der Waals surface area contributed by atoms with Crippen molar-refractivity contribution >= 4 is 0 Å². The zero-order chi connectivity index (χ0) is 13.3. The van der Waals surface area contributed by atoms with Crippen molar-refractivity contribution in [2.75, 3.05) is 13.1 Å². The van der Waals surface area contributed by atoms with Crippen LogP contribution in [-0.4, -0.2) is 33.1 Å². The Morgan fingerprint density at radius 2 is 2.11 bits per heavy atom. The van der Waals surface area contributed by atoms with Gasteiger partial charge in [-0.15, -0.1) is 0 Å². The van der Waals surface area contributed by atoms with E-state index in [1.165, 1.54) is 6.42 Å². The van der Waals surface area contributed by atoms with Gasteiger partial charge < -0.3 is 4.52 Å². The van der Waals surface area contributed by atoms with E-state index in [0.29, 0.717) is 17.1 Å². The van der Waals surface area contributed by atoms with Crippen LogP contribution in [0.25, 0.3) is 11.4 Å². The minimum absolute atomic E-state index is 0.397. The second-order valence-electron chi connectivity index (χ2n) is 5.87. The first-order valence-electron chi connectivity index (χ1n) is 6.58. The molecule has 3 rings (SSSR count). The molecule has 0 N–H and O–H groups in total. The average Bonchev–Trinajstić information content (AvgIpc) is 2.98. The second-order valence-corrected chi connectivity index (χ2v) is 5.87. The molecular formula is C14H18N4O. The highest BCUT2D eigenvalue weighted by atomic mass is 16.5. The Kier molecular flexibility index (Phi) is 3.06. The van der Waals surface area contributed by atoms with Gasteiger partial charge >= 0.3 is 0 Å². The summed E-state index contributed by atoms with van der Waals surface area (Å²) in [5.41, 5.74) is 1.33. The smallest absolute Gasteiger partial charge is 0.241 e. The highest BCUT2D eigenvalue weighted by Gasteiger charge is 2.29. The molecule has 0 atom stereocenters. The Morgan fingerprint density at radius 1 is 1.32 bits per heavy atom. The quantitative estimate of drug-likeness (QED) is 0.846. The lowest BCUT2D eigenvalue weighted by atomic mass is 9.93. The molecule has 1 aliphatic rings. The number of likely N-dealkylation sites (tertiary alicyclic amines) is 1. The van der Waals surface area contributed by atoms with E-state index < -0.39 is 0 Å². The third kappa shape index (κ3) is 2.81. The lowest BCUT2D eigenvalue weighted by molar-refractivity contribution is 0.244. The standard InChI is InChI=1S/C14H18N4O/c1-14(2)5-8-18(10-14)9-12-16-13(17-19-12)11-3-6-15-7-4-11/h3-4,6-7H,5,8-10H2,1-2H3. The lowest BCUT2D eigenvalue weighted by Crippen LogP contribution is -2.22. The van der Waals surface area contributed by atoms with Crippen LogP contribution < -0.4 is 0 Å². The third-order valence-corrected chi connectivity index (χ3v) is 3.52. The van der Waals surface area contributed by atoms with Crippen molar-refractivity contribution in [3.05, 3.63) is 30.4 Å². The van der Waals surface area contributed by atoms with Crippen molar-refractivity contribution in [2.45, 2.75) is 26.8 Å². The van der Waals surface area contributed by atoms with Gasteiger partial charge in [0.25, 0.3) is 0 Å². The molecule has 0 amide bonds. The van der Waals surface area contributed by atoms with E-state index in [9.17, 15) is 0 Å². The summed E-state index contributed by atoms with van der Waals surface area (Å²) in [5.74, 6) is 1.32. The van der Waals surface area contributed by atoms with Crippen LogP contribution in [0.4, 0.5) is 0 Å². The number of hydrogen-bond acceptors (Lipinski definition) is 5. The van der Waals surface area contributed by atoms with Crippen LogP contribution >= 0.6 is 0 Å². The number of rotatable bonds is 3. The summed E-state index contributed by atoms with van der Waals surface area (Å²) in [6.45, 7) is 7.51. The van der Waals surface area contributed by atoms with Crippen LogP contribution in [0.1, 0.15) is 26.2 Å². The van der Waals surface area contributed by atoms with Crippen LogP contribution in [-0.2, 0) is 6.54 Å². The van der Waals surface area contributed by atoms with Crippen LogP contribution in [0.3, 0.4) is 0 Å². The molecule has 5 nitrogen and oxygen atoms in total. The lowest BCUT2D eigenvalue weighted by Gasteiger charge is -2.17. The van der Waals surface area contributed by atoms with Gasteiger partial charge in [0, 0.05) is 24.5 Å². The van der Waals surface area contributed by atoms with Crippen molar-refractivity contribution in [1.82, 2.24) is 20.0 Å². The van der Waals surface area contributed by atoms with Crippen molar-refractivity contribution in [3.63, 3.8) is 0 Å². The molecule has 0 saturated carbocycles. The first-order valence-corrected chi connectivity index (χ1v) is 6.58. The van der Waals surface area contributed by atoms with E-state index in [-0.39, 0.29) is 0 Å². The summed E-state index contributed by atoms with van der Waals surface area (Å²) in [4.78, 5) is 10.8. The van der Waals surface area contributed by atoms with E-state index in [2.05, 4.69) is 33.9 Å². The van der Waals surface area contributed by atoms with Gasteiger partial charge in [0.1, 0.15) is 0 Å². The highest BCUT2D eigenvalue weighted by molar-refractivity contribution is 5.52. The molecule has 2 aromatic rings. The molecule has 0 unspecified atom stereocenters. The Balaban J connectivity index is 1.69. The molecule has 2 aromatic heterocycles. The molecule has 0 spiro atoms. The molecule has 3 heterocycles. The molecule has 0 bridgehead atoms. The van der Waals surface area contributed by atoms with Gasteiger partial charge in [0.2, 0.25) is 11.7 Å². The fourth-order valence-corrected chi connectivity index (χ4v) is 2.49. The summed E-state index contributed by atoms with van der Waals surface area (Å²) in [7, 11) is 0. The zero-order valence-electron chi connectivity index (χ0n) is 11.3. The maximum absolute atomic E-state index is 5.33. The topological polar surface area (TPSA) is 55.1 Å². The Morgan fingerprint density at radius 3 is 2.79 bits per heavy atom. The molecule has 0 aliphatic carbocycles. The number of aromatic nitrogens is 3. The summed E-state index contributed by atoms with van der Waals surface area (Å²) < 4.78 is 5.33. The van der Waals surface area contributed by atoms with Gasteiger partial charge in [0.15, 0.2) is 0 Å². The van der Waals surface area contributed by atoms with Gasteiger partial charge in [-0.05, 0) is 30.5 Å². The van der Waals surface area contributed by atoms with E-state index in [1.54, 1.807) is 12.4 Å².